The predicted octanol–water partition coefficient (Wildman–Crippen LogP) is 4.03. The summed E-state index contributed by atoms with van der Waals surface area (Å²) in [4.78, 5) is 25.7. The van der Waals surface area contributed by atoms with Gasteiger partial charge in [0.25, 0.3) is 5.91 Å². The number of para-hydroxylation sites is 1. The molecule has 3 aromatic rings. The molecule has 1 heterocycles. The van der Waals surface area contributed by atoms with Crippen molar-refractivity contribution >= 4 is 28.9 Å². The third-order valence-electron chi connectivity index (χ3n) is 4.51. The lowest BCUT2D eigenvalue weighted by atomic mass is 10.1. The lowest BCUT2D eigenvalue weighted by Crippen LogP contribution is -2.22. The van der Waals surface area contributed by atoms with Gasteiger partial charge in [0.1, 0.15) is 11.3 Å². The third kappa shape index (κ3) is 4.31. The number of amides is 2. The number of carbonyl (C=O) groups excluding carboxylic acids is 2. The second-order valence-electron chi connectivity index (χ2n) is 6.74. The van der Waals surface area contributed by atoms with Crippen molar-refractivity contribution in [2.24, 2.45) is 0 Å². The highest BCUT2D eigenvalue weighted by Crippen LogP contribution is 2.27. The van der Waals surface area contributed by atoms with Crippen LogP contribution in [0.5, 0.6) is 0 Å². The molecule has 0 saturated heterocycles. The van der Waals surface area contributed by atoms with E-state index < -0.39 is 0 Å². The van der Waals surface area contributed by atoms with Gasteiger partial charge in [-0.05, 0) is 29.8 Å². The molecule has 2 amide bonds. The molecule has 144 valence electrons. The summed E-state index contributed by atoms with van der Waals surface area (Å²) >= 11 is 0. The van der Waals surface area contributed by atoms with E-state index in [0.717, 1.165) is 34.3 Å². The monoisotopic (exact) mass is 376 g/mol. The molecule has 0 atom stereocenters. The van der Waals surface area contributed by atoms with Crippen molar-refractivity contribution in [3.8, 4) is 0 Å². The quantitative estimate of drug-likeness (QED) is 0.661. The third-order valence-corrected chi connectivity index (χ3v) is 4.51. The van der Waals surface area contributed by atoms with Gasteiger partial charge in [-0.1, -0.05) is 37.3 Å². The molecule has 2 aromatic carbocycles. The number of carbonyl (C=O) groups is 2. The Balaban J connectivity index is 1.64. The number of aryl methyl sites for hydroxylation is 1. The molecule has 0 fully saturated rings. The summed E-state index contributed by atoms with van der Waals surface area (Å²) in [6.45, 7) is 2.42. The lowest BCUT2D eigenvalue weighted by Gasteiger charge is -2.10. The zero-order valence-electron chi connectivity index (χ0n) is 16.4. The molecule has 5 heteroatoms. The van der Waals surface area contributed by atoms with Gasteiger partial charge in [-0.15, -0.1) is 0 Å². The molecule has 0 aliphatic heterocycles. The fourth-order valence-corrected chi connectivity index (χ4v) is 2.99. The maximum Gasteiger partial charge on any atom is 0.253 e. The topological polar surface area (TPSA) is 62.6 Å². The van der Waals surface area contributed by atoms with Crippen LogP contribution in [0.15, 0.2) is 59.0 Å². The smallest absolute Gasteiger partial charge is 0.253 e. The number of hydrogen-bond donors (Lipinski definition) is 1. The average Bonchev–Trinajstić information content (AvgIpc) is 3.08. The number of nitrogens with one attached hydrogen (secondary N) is 1. The van der Waals surface area contributed by atoms with Crippen molar-refractivity contribution in [2.45, 2.75) is 19.9 Å². The van der Waals surface area contributed by atoms with E-state index in [9.17, 15) is 9.59 Å². The van der Waals surface area contributed by atoms with Crippen LogP contribution in [0.2, 0.25) is 0 Å². The van der Waals surface area contributed by atoms with E-state index in [-0.39, 0.29) is 11.8 Å². The van der Waals surface area contributed by atoms with Crippen LogP contribution in [-0.4, -0.2) is 30.8 Å². The van der Waals surface area contributed by atoms with Gasteiger partial charge in [0.15, 0.2) is 0 Å². The van der Waals surface area contributed by atoms with Crippen molar-refractivity contribution in [1.29, 1.82) is 0 Å². The van der Waals surface area contributed by atoms with Gasteiger partial charge in [0, 0.05) is 49.7 Å². The Hall–Kier alpha value is -3.34. The van der Waals surface area contributed by atoms with E-state index in [1.807, 2.05) is 43.3 Å². The number of nitrogens with zero attached hydrogens (tertiary/aromatic N) is 1. The second-order valence-corrected chi connectivity index (χ2v) is 6.74. The molecule has 0 bridgehead atoms. The Morgan fingerprint density at radius 2 is 1.79 bits per heavy atom. The lowest BCUT2D eigenvalue weighted by molar-refractivity contribution is -0.116. The van der Waals surface area contributed by atoms with Gasteiger partial charge in [0.2, 0.25) is 5.91 Å². The van der Waals surface area contributed by atoms with Gasteiger partial charge in [-0.3, -0.25) is 9.59 Å². The summed E-state index contributed by atoms with van der Waals surface area (Å²) in [6.07, 6.45) is 4.09. The summed E-state index contributed by atoms with van der Waals surface area (Å²) in [5, 5.41) is 3.87. The normalized spacial score (nSPS) is 11.1. The Morgan fingerprint density at radius 3 is 2.46 bits per heavy atom. The molecule has 28 heavy (non-hydrogen) atoms. The molecule has 3 rings (SSSR count). The SMILES string of the molecule is CCc1oc2ccccc2c1/C=C/C(=O)NCc1ccc(C(=O)N(C)C)cc1. The van der Waals surface area contributed by atoms with E-state index >= 15 is 0 Å². The predicted molar refractivity (Wildman–Crippen MR) is 111 cm³/mol. The molecule has 0 unspecified atom stereocenters. The Morgan fingerprint density at radius 1 is 1.07 bits per heavy atom. The number of fused-ring (bicyclic) bond motifs is 1. The number of furan rings is 1. The second kappa shape index (κ2) is 8.57. The molecule has 0 aliphatic rings. The summed E-state index contributed by atoms with van der Waals surface area (Å²) in [5.74, 6) is 0.643. The Kier molecular flexibility index (Phi) is 5.94. The fraction of sp³-hybridized carbons (Fsp3) is 0.217. The van der Waals surface area contributed by atoms with E-state index in [4.69, 9.17) is 4.42 Å². The van der Waals surface area contributed by atoms with E-state index in [1.54, 1.807) is 32.3 Å². The molecule has 1 N–H and O–H groups in total. The Bertz CT molecular complexity index is 1010. The van der Waals surface area contributed by atoms with Gasteiger partial charge >= 0.3 is 0 Å². The first-order valence-electron chi connectivity index (χ1n) is 9.26. The summed E-state index contributed by atoms with van der Waals surface area (Å²) in [6, 6.07) is 15.0. The van der Waals surface area contributed by atoms with Crippen molar-refractivity contribution in [3.05, 3.63) is 77.1 Å². The molecule has 0 saturated carbocycles. The largest absolute Gasteiger partial charge is 0.460 e. The fourth-order valence-electron chi connectivity index (χ4n) is 2.99. The van der Waals surface area contributed by atoms with Crippen LogP contribution in [0.3, 0.4) is 0 Å². The minimum Gasteiger partial charge on any atom is -0.460 e. The van der Waals surface area contributed by atoms with Crippen LogP contribution in [0.1, 0.15) is 34.2 Å². The number of hydrogen-bond acceptors (Lipinski definition) is 3. The molecule has 0 spiro atoms. The van der Waals surface area contributed by atoms with Crippen LogP contribution >= 0.6 is 0 Å². The maximum absolute atomic E-state index is 12.2. The minimum atomic E-state index is -0.180. The molecule has 0 aliphatic carbocycles. The van der Waals surface area contributed by atoms with Crippen molar-refractivity contribution < 1.29 is 14.0 Å². The van der Waals surface area contributed by atoms with Gasteiger partial charge < -0.3 is 14.6 Å². The molecule has 0 radical (unpaired) electrons. The highest BCUT2D eigenvalue weighted by molar-refractivity contribution is 5.96. The first kappa shape index (κ1) is 19.4. The first-order valence-corrected chi connectivity index (χ1v) is 9.26. The van der Waals surface area contributed by atoms with E-state index in [1.165, 1.54) is 11.0 Å². The molecular weight excluding hydrogens is 352 g/mol. The maximum atomic E-state index is 12.2. The summed E-state index contributed by atoms with van der Waals surface area (Å²) < 4.78 is 5.84. The van der Waals surface area contributed by atoms with Gasteiger partial charge in [-0.25, -0.2) is 0 Å². The zero-order chi connectivity index (χ0) is 20.1. The van der Waals surface area contributed by atoms with Crippen LogP contribution in [-0.2, 0) is 17.8 Å². The van der Waals surface area contributed by atoms with Gasteiger partial charge in [0.05, 0.1) is 0 Å². The van der Waals surface area contributed by atoms with Crippen molar-refractivity contribution in [3.63, 3.8) is 0 Å². The van der Waals surface area contributed by atoms with Crippen LogP contribution in [0.25, 0.3) is 17.0 Å². The van der Waals surface area contributed by atoms with Crippen molar-refractivity contribution in [2.75, 3.05) is 14.1 Å². The molecule has 1 aromatic heterocycles. The number of rotatable bonds is 6. The highest BCUT2D eigenvalue weighted by Gasteiger charge is 2.10. The standard InChI is InChI=1S/C23H24N2O3/c1-4-20-19(18-7-5-6-8-21(18)28-20)13-14-22(26)24-15-16-9-11-17(12-10-16)23(27)25(2)3/h5-14H,4,15H2,1-3H3,(H,24,26)/b14-13+. The van der Waals surface area contributed by atoms with Crippen LogP contribution in [0.4, 0.5) is 0 Å². The van der Waals surface area contributed by atoms with Crippen LogP contribution < -0.4 is 5.32 Å². The molecule has 5 nitrogen and oxygen atoms in total. The Labute approximate surface area is 164 Å². The summed E-state index contributed by atoms with van der Waals surface area (Å²) in [7, 11) is 3.44. The van der Waals surface area contributed by atoms with E-state index in [2.05, 4.69) is 5.32 Å². The van der Waals surface area contributed by atoms with Crippen molar-refractivity contribution in [1.82, 2.24) is 10.2 Å². The minimum absolute atomic E-state index is 0.0439. The first-order chi connectivity index (χ1) is 13.5. The van der Waals surface area contributed by atoms with E-state index in [0.29, 0.717) is 12.1 Å². The highest BCUT2D eigenvalue weighted by atomic mass is 16.3. The van der Waals surface area contributed by atoms with Crippen LogP contribution in [0, 0.1) is 0 Å². The van der Waals surface area contributed by atoms with Gasteiger partial charge in [-0.2, -0.15) is 0 Å². The molecular formula is C23H24N2O3. The zero-order valence-corrected chi connectivity index (χ0v) is 16.4. The number of benzene rings is 2. The average molecular weight is 376 g/mol. The summed E-state index contributed by atoms with van der Waals surface area (Å²) in [5.41, 5.74) is 3.32.